The summed E-state index contributed by atoms with van der Waals surface area (Å²) in [6.07, 6.45) is 0.352. The lowest BCUT2D eigenvalue weighted by Gasteiger charge is -2.15. The largest absolute Gasteiger partial charge is 0.379 e. The molecule has 2 unspecified atom stereocenters. The highest BCUT2D eigenvalue weighted by Crippen LogP contribution is 2.11. The van der Waals surface area contributed by atoms with Crippen LogP contribution >= 0.6 is 0 Å². The molecule has 0 aliphatic rings. The van der Waals surface area contributed by atoms with E-state index in [1.165, 1.54) is 0 Å². The van der Waals surface area contributed by atoms with Crippen LogP contribution in [0.2, 0.25) is 0 Å². The molecule has 0 bridgehead atoms. The molecule has 0 fully saturated rings. The van der Waals surface area contributed by atoms with E-state index < -0.39 is 6.23 Å². The number of nitrogens with two attached hydrogens (primary N) is 1. The molecule has 0 saturated heterocycles. The minimum atomic E-state index is -0.646. The average Bonchev–Trinajstić information content (AvgIpc) is 1.63. The lowest BCUT2D eigenvalue weighted by atomic mass is 9.98. The van der Waals surface area contributed by atoms with E-state index in [1.807, 2.05) is 6.92 Å². The van der Waals surface area contributed by atoms with Crippen molar-refractivity contribution in [2.75, 3.05) is 0 Å². The Balaban J connectivity index is 3.38. The van der Waals surface area contributed by atoms with Gasteiger partial charge >= 0.3 is 0 Å². The first-order chi connectivity index (χ1) is 4.04. The fourth-order valence-corrected chi connectivity index (χ4v) is 0.883. The van der Waals surface area contributed by atoms with E-state index in [-0.39, 0.29) is 5.92 Å². The van der Waals surface area contributed by atoms with E-state index in [1.54, 1.807) is 0 Å². The van der Waals surface area contributed by atoms with Crippen molar-refractivity contribution in [3.63, 3.8) is 0 Å². The van der Waals surface area contributed by atoms with E-state index in [4.69, 9.17) is 10.8 Å². The van der Waals surface area contributed by atoms with E-state index in [2.05, 4.69) is 13.8 Å². The Morgan fingerprint density at radius 2 is 1.78 bits per heavy atom. The maximum Gasteiger partial charge on any atom is 0.105 e. The van der Waals surface area contributed by atoms with Crippen molar-refractivity contribution in [3.8, 4) is 0 Å². The van der Waals surface area contributed by atoms with Crippen LogP contribution in [0, 0.1) is 11.8 Å². The summed E-state index contributed by atoms with van der Waals surface area (Å²) in [7, 11) is 0. The zero-order valence-corrected chi connectivity index (χ0v) is 6.46. The third-order valence-corrected chi connectivity index (χ3v) is 1.43. The lowest BCUT2D eigenvalue weighted by molar-refractivity contribution is 0.111. The second-order valence-corrected chi connectivity index (χ2v) is 3.10. The van der Waals surface area contributed by atoms with Crippen molar-refractivity contribution in [1.82, 2.24) is 0 Å². The SMILES string of the molecule is CC(C)CC(C)C(N)O. The summed E-state index contributed by atoms with van der Waals surface area (Å²) < 4.78 is 0. The van der Waals surface area contributed by atoms with Gasteiger partial charge in [0.1, 0.15) is 6.23 Å². The van der Waals surface area contributed by atoms with Gasteiger partial charge in [-0.05, 0) is 18.3 Å². The molecule has 0 heterocycles. The standard InChI is InChI=1S/C7H17NO/c1-5(2)4-6(3)7(8)9/h5-7,9H,4,8H2,1-3H3. The topological polar surface area (TPSA) is 46.2 Å². The summed E-state index contributed by atoms with van der Waals surface area (Å²) >= 11 is 0. The highest BCUT2D eigenvalue weighted by Gasteiger charge is 2.09. The lowest BCUT2D eigenvalue weighted by Crippen LogP contribution is -2.28. The van der Waals surface area contributed by atoms with Crippen molar-refractivity contribution in [3.05, 3.63) is 0 Å². The molecule has 0 saturated carbocycles. The van der Waals surface area contributed by atoms with E-state index >= 15 is 0 Å². The van der Waals surface area contributed by atoms with Gasteiger partial charge in [0.25, 0.3) is 0 Å². The summed E-state index contributed by atoms with van der Waals surface area (Å²) in [5.74, 6) is 0.850. The van der Waals surface area contributed by atoms with Crippen molar-refractivity contribution >= 4 is 0 Å². The van der Waals surface area contributed by atoms with Gasteiger partial charge in [0, 0.05) is 0 Å². The normalized spacial score (nSPS) is 18.0. The average molecular weight is 131 g/mol. The van der Waals surface area contributed by atoms with Crippen LogP contribution in [0.3, 0.4) is 0 Å². The Morgan fingerprint density at radius 1 is 1.33 bits per heavy atom. The van der Waals surface area contributed by atoms with E-state index in [9.17, 15) is 0 Å². The van der Waals surface area contributed by atoms with E-state index in [0.29, 0.717) is 5.92 Å². The van der Waals surface area contributed by atoms with Crippen molar-refractivity contribution < 1.29 is 5.11 Å². The molecule has 0 rings (SSSR count). The molecule has 2 atom stereocenters. The molecule has 56 valence electrons. The quantitative estimate of drug-likeness (QED) is 0.560. The van der Waals surface area contributed by atoms with Crippen LogP contribution in [0.25, 0.3) is 0 Å². The van der Waals surface area contributed by atoms with Gasteiger partial charge in [-0.15, -0.1) is 0 Å². The van der Waals surface area contributed by atoms with Crippen LogP contribution in [-0.2, 0) is 0 Å². The monoisotopic (exact) mass is 131 g/mol. The molecule has 0 aromatic rings. The highest BCUT2D eigenvalue weighted by atomic mass is 16.3. The van der Waals surface area contributed by atoms with Gasteiger partial charge in [0.05, 0.1) is 0 Å². The van der Waals surface area contributed by atoms with Crippen LogP contribution in [0.15, 0.2) is 0 Å². The second kappa shape index (κ2) is 3.85. The summed E-state index contributed by atoms with van der Waals surface area (Å²) in [6.45, 7) is 6.21. The fourth-order valence-electron chi connectivity index (χ4n) is 0.883. The van der Waals surface area contributed by atoms with Gasteiger partial charge in [0.15, 0.2) is 0 Å². The highest BCUT2D eigenvalue weighted by molar-refractivity contribution is 4.59. The van der Waals surface area contributed by atoms with Gasteiger partial charge in [-0.1, -0.05) is 20.8 Å². The minimum Gasteiger partial charge on any atom is -0.379 e. The fraction of sp³-hybridized carbons (Fsp3) is 1.00. The number of aliphatic hydroxyl groups excluding tert-OH is 1. The van der Waals surface area contributed by atoms with Gasteiger partial charge < -0.3 is 10.8 Å². The van der Waals surface area contributed by atoms with Crippen LogP contribution in [0.1, 0.15) is 27.2 Å². The number of hydrogen-bond donors (Lipinski definition) is 2. The summed E-state index contributed by atoms with van der Waals surface area (Å²) in [6, 6.07) is 0. The predicted octanol–water partition coefficient (Wildman–Crippen LogP) is 0.946. The maximum absolute atomic E-state index is 8.85. The van der Waals surface area contributed by atoms with E-state index in [0.717, 1.165) is 6.42 Å². The Labute approximate surface area is 57.1 Å². The van der Waals surface area contributed by atoms with Gasteiger partial charge in [-0.2, -0.15) is 0 Å². The number of rotatable bonds is 3. The Bertz CT molecular complexity index is 71.3. The molecular weight excluding hydrogens is 114 g/mol. The van der Waals surface area contributed by atoms with Crippen LogP contribution in [-0.4, -0.2) is 11.3 Å². The van der Waals surface area contributed by atoms with Crippen LogP contribution in [0.5, 0.6) is 0 Å². The zero-order valence-electron chi connectivity index (χ0n) is 6.46. The third-order valence-electron chi connectivity index (χ3n) is 1.43. The summed E-state index contributed by atoms with van der Waals surface area (Å²) in [5, 5.41) is 8.85. The minimum absolute atomic E-state index is 0.227. The molecule has 0 aromatic heterocycles. The molecular formula is C7H17NO. The zero-order chi connectivity index (χ0) is 7.44. The third kappa shape index (κ3) is 4.43. The van der Waals surface area contributed by atoms with Gasteiger partial charge in [-0.25, -0.2) is 0 Å². The molecule has 0 radical (unpaired) electrons. The molecule has 0 amide bonds. The molecule has 2 heteroatoms. The Morgan fingerprint density at radius 3 is 1.89 bits per heavy atom. The number of aliphatic hydroxyl groups is 1. The Kier molecular flexibility index (Phi) is 3.82. The molecule has 0 spiro atoms. The second-order valence-electron chi connectivity index (χ2n) is 3.10. The number of hydrogen-bond acceptors (Lipinski definition) is 2. The molecule has 0 aromatic carbocycles. The molecule has 0 aliphatic heterocycles. The van der Waals surface area contributed by atoms with Gasteiger partial charge in [-0.3, -0.25) is 0 Å². The first kappa shape index (κ1) is 8.92. The molecule has 3 N–H and O–H groups in total. The van der Waals surface area contributed by atoms with Crippen molar-refractivity contribution in [2.24, 2.45) is 17.6 Å². The summed E-state index contributed by atoms with van der Waals surface area (Å²) in [4.78, 5) is 0. The Hall–Kier alpha value is -0.0800. The van der Waals surface area contributed by atoms with Gasteiger partial charge in [0.2, 0.25) is 0 Å². The molecule has 2 nitrogen and oxygen atoms in total. The molecule has 9 heavy (non-hydrogen) atoms. The smallest absolute Gasteiger partial charge is 0.105 e. The predicted molar refractivity (Wildman–Crippen MR) is 38.8 cm³/mol. The maximum atomic E-state index is 8.85. The first-order valence-electron chi connectivity index (χ1n) is 3.47. The first-order valence-corrected chi connectivity index (χ1v) is 3.47. The van der Waals surface area contributed by atoms with Crippen LogP contribution < -0.4 is 5.73 Å². The van der Waals surface area contributed by atoms with Crippen molar-refractivity contribution in [2.45, 2.75) is 33.4 Å². The van der Waals surface area contributed by atoms with Crippen molar-refractivity contribution in [1.29, 1.82) is 0 Å². The molecule has 0 aliphatic carbocycles. The summed E-state index contributed by atoms with van der Waals surface area (Å²) in [5.41, 5.74) is 5.24. The van der Waals surface area contributed by atoms with Crippen LogP contribution in [0.4, 0.5) is 0 Å².